The van der Waals surface area contributed by atoms with Crippen LogP contribution in [0.2, 0.25) is 0 Å². The SMILES string of the molecule is Cc1cc(C(C)(C)C)cc(S(=O)(=O)N2C[C@H](O)[C@@H](N3CCN(C)CC3)C2)c1C. The van der Waals surface area contributed by atoms with Crippen LogP contribution in [-0.2, 0) is 15.4 Å². The monoisotopic (exact) mass is 409 g/mol. The Morgan fingerprint density at radius 1 is 1.04 bits per heavy atom. The van der Waals surface area contributed by atoms with Gasteiger partial charge in [0.2, 0.25) is 10.0 Å². The van der Waals surface area contributed by atoms with Crippen LogP contribution in [-0.4, -0.2) is 86.1 Å². The molecule has 2 atom stereocenters. The van der Waals surface area contributed by atoms with Crippen LogP contribution in [0.25, 0.3) is 0 Å². The summed E-state index contributed by atoms with van der Waals surface area (Å²) in [6, 6.07) is 3.78. The summed E-state index contributed by atoms with van der Waals surface area (Å²) in [6.07, 6.45) is -0.648. The van der Waals surface area contributed by atoms with Crippen molar-refractivity contribution < 1.29 is 13.5 Å². The number of hydrogen-bond donors (Lipinski definition) is 1. The van der Waals surface area contributed by atoms with Crippen molar-refractivity contribution in [1.29, 1.82) is 0 Å². The van der Waals surface area contributed by atoms with Crippen LogP contribution in [0.5, 0.6) is 0 Å². The first-order chi connectivity index (χ1) is 12.9. The third-order valence-corrected chi connectivity index (χ3v) is 8.29. The Labute approximate surface area is 170 Å². The maximum atomic E-state index is 13.5. The summed E-state index contributed by atoms with van der Waals surface area (Å²) in [5, 5.41) is 10.6. The second-order valence-electron chi connectivity index (χ2n) is 9.46. The number of aliphatic hydroxyl groups excluding tert-OH is 1. The highest BCUT2D eigenvalue weighted by Gasteiger charge is 2.42. The summed E-state index contributed by atoms with van der Waals surface area (Å²) in [5.74, 6) is 0. The molecular formula is C21H35N3O3S. The average molecular weight is 410 g/mol. The first kappa shape index (κ1) is 21.7. The number of aliphatic hydroxyl groups is 1. The molecule has 1 aromatic rings. The third kappa shape index (κ3) is 4.14. The number of likely N-dealkylation sites (N-methyl/N-ethyl adjacent to an activating group) is 1. The number of hydrogen-bond acceptors (Lipinski definition) is 5. The summed E-state index contributed by atoms with van der Waals surface area (Å²) < 4.78 is 28.5. The molecule has 2 aliphatic rings. The highest BCUT2D eigenvalue weighted by Crippen LogP contribution is 2.32. The molecule has 2 saturated heterocycles. The van der Waals surface area contributed by atoms with Crippen molar-refractivity contribution >= 4 is 10.0 Å². The highest BCUT2D eigenvalue weighted by molar-refractivity contribution is 7.89. The predicted molar refractivity (Wildman–Crippen MR) is 112 cm³/mol. The van der Waals surface area contributed by atoms with Crippen LogP contribution in [0.1, 0.15) is 37.5 Å². The molecule has 0 radical (unpaired) electrons. The number of sulfonamides is 1. The Morgan fingerprint density at radius 3 is 2.21 bits per heavy atom. The Hall–Kier alpha value is -0.990. The Balaban J connectivity index is 1.89. The van der Waals surface area contributed by atoms with Gasteiger partial charge in [0.15, 0.2) is 0 Å². The Bertz CT molecular complexity index is 824. The lowest BCUT2D eigenvalue weighted by Crippen LogP contribution is -2.52. The molecule has 2 fully saturated rings. The van der Waals surface area contributed by atoms with Gasteiger partial charge in [-0.25, -0.2) is 8.42 Å². The number of benzene rings is 1. The fraction of sp³-hybridized carbons (Fsp3) is 0.714. The van der Waals surface area contributed by atoms with Gasteiger partial charge in [-0.15, -0.1) is 0 Å². The Morgan fingerprint density at radius 2 is 1.64 bits per heavy atom. The lowest BCUT2D eigenvalue weighted by Gasteiger charge is -2.37. The molecule has 28 heavy (non-hydrogen) atoms. The zero-order valence-electron chi connectivity index (χ0n) is 18.1. The van der Waals surface area contributed by atoms with Gasteiger partial charge in [-0.2, -0.15) is 4.31 Å². The van der Waals surface area contributed by atoms with Crippen LogP contribution in [0.4, 0.5) is 0 Å². The van der Waals surface area contributed by atoms with E-state index in [4.69, 9.17) is 0 Å². The van der Waals surface area contributed by atoms with E-state index in [0.717, 1.165) is 42.9 Å². The first-order valence-corrected chi connectivity index (χ1v) is 11.6. The molecule has 0 aliphatic carbocycles. The maximum Gasteiger partial charge on any atom is 0.243 e. The molecule has 0 spiro atoms. The van der Waals surface area contributed by atoms with E-state index in [9.17, 15) is 13.5 Å². The molecule has 158 valence electrons. The number of nitrogens with zero attached hydrogens (tertiary/aromatic N) is 3. The standard InChI is InChI=1S/C21H35N3O3S/c1-15-11-17(21(3,4)5)12-20(16(15)2)28(26,27)24-13-18(19(25)14-24)23-9-7-22(6)8-10-23/h11-12,18-19,25H,7-10,13-14H2,1-6H3/t18-,19-/m0/s1. The summed E-state index contributed by atoms with van der Waals surface area (Å²) in [5.41, 5.74) is 2.67. The number of rotatable bonds is 3. The van der Waals surface area contributed by atoms with Crippen molar-refractivity contribution in [3.05, 3.63) is 28.8 Å². The van der Waals surface area contributed by atoms with Crippen molar-refractivity contribution in [3.63, 3.8) is 0 Å². The smallest absolute Gasteiger partial charge is 0.243 e. The van der Waals surface area contributed by atoms with E-state index >= 15 is 0 Å². The number of β-amino-alcohol motifs (C(OH)–C–C–N with tert-alkyl or cyclic N) is 1. The first-order valence-electron chi connectivity index (χ1n) is 10.1. The predicted octanol–water partition coefficient (Wildman–Crippen LogP) is 1.58. The minimum absolute atomic E-state index is 0.129. The summed E-state index contributed by atoms with van der Waals surface area (Å²) in [4.78, 5) is 4.88. The van der Waals surface area contributed by atoms with Gasteiger partial charge in [-0.05, 0) is 49.1 Å². The lowest BCUT2D eigenvalue weighted by molar-refractivity contribution is 0.0512. The molecule has 0 aromatic heterocycles. The maximum absolute atomic E-state index is 13.5. The van der Waals surface area contributed by atoms with Crippen molar-refractivity contribution in [2.24, 2.45) is 0 Å². The van der Waals surface area contributed by atoms with Crippen LogP contribution >= 0.6 is 0 Å². The fourth-order valence-electron chi connectivity index (χ4n) is 4.11. The molecule has 1 N–H and O–H groups in total. The van der Waals surface area contributed by atoms with Crippen molar-refractivity contribution in [1.82, 2.24) is 14.1 Å². The van der Waals surface area contributed by atoms with Gasteiger partial charge in [0.25, 0.3) is 0 Å². The largest absolute Gasteiger partial charge is 0.390 e. The van der Waals surface area contributed by atoms with Crippen LogP contribution in [0.3, 0.4) is 0 Å². The van der Waals surface area contributed by atoms with Crippen LogP contribution < -0.4 is 0 Å². The van der Waals surface area contributed by atoms with E-state index in [-0.39, 0.29) is 18.0 Å². The second-order valence-corrected chi connectivity index (χ2v) is 11.4. The molecule has 0 bridgehead atoms. The van der Waals surface area contributed by atoms with E-state index in [2.05, 4.69) is 43.7 Å². The second kappa shape index (κ2) is 7.69. The number of piperazine rings is 1. The van der Waals surface area contributed by atoms with Gasteiger partial charge in [-0.1, -0.05) is 26.8 Å². The minimum Gasteiger partial charge on any atom is -0.390 e. The Kier molecular flexibility index (Phi) is 5.96. The van der Waals surface area contributed by atoms with E-state index < -0.39 is 16.1 Å². The van der Waals surface area contributed by atoms with Gasteiger partial charge >= 0.3 is 0 Å². The highest BCUT2D eigenvalue weighted by atomic mass is 32.2. The summed E-state index contributed by atoms with van der Waals surface area (Å²) in [6.45, 7) is 14.3. The van der Waals surface area contributed by atoms with Crippen LogP contribution in [0, 0.1) is 13.8 Å². The number of aryl methyl sites for hydroxylation is 1. The normalized spacial score (nSPS) is 26.1. The van der Waals surface area contributed by atoms with Gasteiger partial charge in [0.1, 0.15) is 0 Å². The molecule has 6 nitrogen and oxygen atoms in total. The van der Waals surface area contributed by atoms with Crippen molar-refractivity contribution in [2.75, 3.05) is 46.3 Å². The zero-order valence-corrected chi connectivity index (χ0v) is 18.9. The molecular weight excluding hydrogens is 374 g/mol. The summed E-state index contributed by atoms with van der Waals surface area (Å²) >= 11 is 0. The molecule has 1 aromatic carbocycles. The topological polar surface area (TPSA) is 64.1 Å². The minimum atomic E-state index is -3.65. The van der Waals surface area contributed by atoms with E-state index in [0.29, 0.717) is 11.4 Å². The molecule has 0 unspecified atom stereocenters. The lowest BCUT2D eigenvalue weighted by atomic mass is 9.85. The molecule has 2 aliphatic heterocycles. The van der Waals surface area contributed by atoms with E-state index in [1.54, 1.807) is 0 Å². The third-order valence-electron chi connectivity index (χ3n) is 6.34. The molecule has 7 heteroatoms. The van der Waals surface area contributed by atoms with Crippen LogP contribution in [0.15, 0.2) is 17.0 Å². The van der Waals surface area contributed by atoms with Gasteiger partial charge in [0.05, 0.1) is 17.0 Å². The van der Waals surface area contributed by atoms with Gasteiger partial charge < -0.3 is 10.0 Å². The van der Waals surface area contributed by atoms with Gasteiger partial charge in [-0.3, -0.25) is 4.90 Å². The van der Waals surface area contributed by atoms with Gasteiger partial charge in [0, 0.05) is 39.3 Å². The molecule has 3 rings (SSSR count). The average Bonchev–Trinajstić information content (AvgIpc) is 2.99. The van der Waals surface area contributed by atoms with E-state index in [1.807, 2.05) is 19.9 Å². The van der Waals surface area contributed by atoms with E-state index in [1.165, 1.54) is 4.31 Å². The van der Waals surface area contributed by atoms with Crippen molar-refractivity contribution in [2.45, 2.75) is 57.1 Å². The quantitative estimate of drug-likeness (QED) is 0.821. The summed E-state index contributed by atoms with van der Waals surface area (Å²) in [7, 11) is -1.56. The molecule has 0 amide bonds. The van der Waals surface area contributed by atoms with Crippen molar-refractivity contribution in [3.8, 4) is 0 Å². The fourth-order valence-corrected chi connectivity index (χ4v) is 5.91. The zero-order chi connectivity index (χ0) is 20.9. The molecule has 2 heterocycles. The molecule has 0 saturated carbocycles.